The molecule has 1 saturated heterocycles. The highest BCUT2D eigenvalue weighted by molar-refractivity contribution is 6.32. The van der Waals surface area contributed by atoms with Crippen molar-refractivity contribution in [2.75, 3.05) is 23.0 Å². The van der Waals surface area contributed by atoms with Gasteiger partial charge in [0.2, 0.25) is 0 Å². The van der Waals surface area contributed by atoms with Gasteiger partial charge in [0.05, 0.1) is 21.9 Å². The average molecular weight is 376 g/mol. The molecule has 0 atom stereocenters. The van der Waals surface area contributed by atoms with Crippen LogP contribution in [0.25, 0.3) is 6.08 Å². The summed E-state index contributed by atoms with van der Waals surface area (Å²) in [6.07, 6.45) is 3.91. The molecule has 7 heteroatoms. The van der Waals surface area contributed by atoms with Crippen LogP contribution < -0.4 is 9.91 Å². The van der Waals surface area contributed by atoms with Crippen LogP contribution in [0, 0.1) is 10.1 Å². The lowest BCUT2D eigenvalue weighted by Gasteiger charge is -2.20. The van der Waals surface area contributed by atoms with E-state index in [0.29, 0.717) is 22.5 Å². The Labute approximate surface area is 162 Å². The van der Waals surface area contributed by atoms with Gasteiger partial charge in [-0.05, 0) is 44.0 Å². The Hall–Kier alpha value is -3.48. The highest BCUT2D eigenvalue weighted by Crippen LogP contribution is 2.32. The molecule has 0 bridgehead atoms. The maximum Gasteiger partial charge on any atom is 0.280 e. The van der Waals surface area contributed by atoms with E-state index in [1.54, 1.807) is 19.1 Å². The van der Waals surface area contributed by atoms with Crippen LogP contribution in [-0.4, -0.2) is 29.6 Å². The minimum atomic E-state index is -0.413. The van der Waals surface area contributed by atoms with Gasteiger partial charge in [0.15, 0.2) is 0 Å². The van der Waals surface area contributed by atoms with Crippen molar-refractivity contribution in [2.24, 2.45) is 5.10 Å². The van der Waals surface area contributed by atoms with E-state index >= 15 is 0 Å². The van der Waals surface area contributed by atoms with Gasteiger partial charge < -0.3 is 4.90 Å². The van der Waals surface area contributed by atoms with Crippen LogP contribution in [0.5, 0.6) is 0 Å². The number of hydrazone groups is 1. The smallest absolute Gasteiger partial charge is 0.280 e. The molecule has 0 aliphatic carbocycles. The molecule has 28 heavy (non-hydrogen) atoms. The number of hydrogen-bond acceptors (Lipinski definition) is 5. The molecule has 2 aromatic carbocycles. The molecular formula is C21H20N4O3. The third kappa shape index (κ3) is 3.26. The Morgan fingerprint density at radius 1 is 1.11 bits per heavy atom. The normalized spacial score (nSPS) is 18.1. The minimum Gasteiger partial charge on any atom is -0.371 e. The fourth-order valence-corrected chi connectivity index (χ4v) is 3.60. The fraction of sp³-hybridized carbons (Fsp3) is 0.238. The SMILES string of the molecule is CC1=NN(c2ccccc2)C(=O)/C1=C\c1cc([N+](=O)[O-])ccc1N1CCCC1. The van der Waals surface area contributed by atoms with Crippen LogP contribution in [0.4, 0.5) is 17.1 Å². The van der Waals surface area contributed by atoms with Gasteiger partial charge in [-0.3, -0.25) is 14.9 Å². The van der Waals surface area contributed by atoms with Gasteiger partial charge in [0.25, 0.3) is 11.6 Å². The van der Waals surface area contributed by atoms with Gasteiger partial charge in [0.1, 0.15) is 0 Å². The van der Waals surface area contributed by atoms with Crippen molar-refractivity contribution in [1.29, 1.82) is 0 Å². The van der Waals surface area contributed by atoms with Crippen molar-refractivity contribution in [3.8, 4) is 0 Å². The van der Waals surface area contributed by atoms with E-state index < -0.39 is 4.92 Å². The molecule has 2 aromatic rings. The topological polar surface area (TPSA) is 79.0 Å². The largest absolute Gasteiger partial charge is 0.371 e. The van der Waals surface area contributed by atoms with Gasteiger partial charge >= 0.3 is 0 Å². The van der Waals surface area contributed by atoms with Crippen molar-refractivity contribution in [3.05, 3.63) is 69.8 Å². The molecule has 7 nitrogen and oxygen atoms in total. The molecule has 1 amide bonds. The van der Waals surface area contributed by atoms with Crippen molar-refractivity contribution in [1.82, 2.24) is 0 Å². The molecule has 0 saturated carbocycles. The summed E-state index contributed by atoms with van der Waals surface area (Å²) in [5.41, 5.74) is 3.32. The lowest BCUT2D eigenvalue weighted by Crippen LogP contribution is -2.21. The van der Waals surface area contributed by atoms with Crippen LogP contribution in [0.15, 0.2) is 59.2 Å². The third-order valence-corrected chi connectivity index (χ3v) is 5.03. The Morgan fingerprint density at radius 3 is 2.50 bits per heavy atom. The van der Waals surface area contributed by atoms with Crippen LogP contribution >= 0.6 is 0 Å². The second-order valence-corrected chi connectivity index (χ2v) is 6.89. The summed E-state index contributed by atoms with van der Waals surface area (Å²) in [6, 6.07) is 14.0. The van der Waals surface area contributed by atoms with Gasteiger partial charge in [-0.15, -0.1) is 0 Å². The second-order valence-electron chi connectivity index (χ2n) is 6.89. The van der Waals surface area contributed by atoms with Crippen LogP contribution in [0.1, 0.15) is 25.3 Å². The number of hydrogen-bond donors (Lipinski definition) is 0. The number of benzene rings is 2. The van der Waals surface area contributed by atoms with E-state index in [1.165, 1.54) is 17.1 Å². The summed E-state index contributed by atoms with van der Waals surface area (Å²) >= 11 is 0. The molecule has 4 rings (SSSR count). The summed E-state index contributed by atoms with van der Waals surface area (Å²) in [5, 5.41) is 17.0. The molecule has 0 spiro atoms. The first kappa shape index (κ1) is 17.9. The first-order valence-corrected chi connectivity index (χ1v) is 9.25. The van der Waals surface area contributed by atoms with Gasteiger partial charge in [-0.2, -0.15) is 10.1 Å². The molecule has 2 heterocycles. The summed E-state index contributed by atoms with van der Waals surface area (Å²) in [5.74, 6) is -0.234. The molecule has 2 aliphatic heterocycles. The Bertz CT molecular complexity index is 992. The van der Waals surface area contributed by atoms with Crippen LogP contribution in [0.2, 0.25) is 0 Å². The number of amides is 1. The zero-order valence-corrected chi connectivity index (χ0v) is 15.5. The van der Waals surface area contributed by atoms with E-state index in [4.69, 9.17) is 0 Å². The molecule has 142 valence electrons. The number of anilines is 2. The Kier molecular flexibility index (Phi) is 4.65. The number of nitrogens with zero attached hydrogens (tertiary/aromatic N) is 4. The van der Waals surface area contributed by atoms with Crippen molar-refractivity contribution < 1.29 is 9.72 Å². The molecular weight excluding hydrogens is 356 g/mol. The number of para-hydroxylation sites is 1. The van der Waals surface area contributed by atoms with E-state index in [0.717, 1.165) is 31.6 Å². The van der Waals surface area contributed by atoms with E-state index in [1.807, 2.05) is 30.3 Å². The second kappa shape index (κ2) is 7.26. The van der Waals surface area contributed by atoms with Crippen molar-refractivity contribution >= 4 is 34.8 Å². The molecule has 1 fully saturated rings. The lowest BCUT2D eigenvalue weighted by atomic mass is 10.0. The highest BCUT2D eigenvalue weighted by Gasteiger charge is 2.29. The average Bonchev–Trinajstić information content (AvgIpc) is 3.33. The van der Waals surface area contributed by atoms with Crippen LogP contribution in [-0.2, 0) is 4.79 Å². The molecule has 0 N–H and O–H groups in total. The zero-order chi connectivity index (χ0) is 19.7. The van der Waals surface area contributed by atoms with Crippen LogP contribution in [0.3, 0.4) is 0 Å². The molecule has 0 radical (unpaired) electrons. The van der Waals surface area contributed by atoms with Gasteiger partial charge in [-0.1, -0.05) is 18.2 Å². The van der Waals surface area contributed by atoms with E-state index in [9.17, 15) is 14.9 Å². The fourth-order valence-electron chi connectivity index (χ4n) is 3.60. The molecule has 0 aromatic heterocycles. The first-order chi connectivity index (χ1) is 13.5. The van der Waals surface area contributed by atoms with Gasteiger partial charge in [-0.25, -0.2) is 0 Å². The number of nitro benzene ring substituents is 1. The number of carbonyl (C=O) groups excluding carboxylic acids is 1. The van der Waals surface area contributed by atoms with Crippen molar-refractivity contribution in [2.45, 2.75) is 19.8 Å². The first-order valence-electron chi connectivity index (χ1n) is 9.25. The van der Waals surface area contributed by atoms with Crippen molar-refractivity contribution in [3.63, 3.8) is 0 Å². The van der Waals surface area contributed by atoms with Gasteiger partial charge in [0, 0.05) is 36.5 Å². The molecule has 0 unspecified atom stereocenters. The predicted octanol–water partition coefficient (Wildman–Crippen LogP) is 4.00. The standard InChI is InChI=1S/C21H20N4O3/c1-15-19(21(26)24(22-15)17-7-3-2-4-8-17)14-16-13-18(25(27)28)9-10-20(16)23-11-5-6-12-23/h2-4,7-10,13-14H,5-6,11-12H2,1H3/b19-14-. The Balaban J connectivity index is 1.75. The summed E-state index contributed by atoms with van der Waals surface area (Å²) < 4.78 is 0. The monoisotopic (exact) mass is 376 g/mol. The summed E-state index contributed by atoms with van der Waals surface area (Å²) in [6.45, 7) is 3.59. The lowest BCUT2D eigenvalue weighted by molar-refractivity contribution is -0.384. The Morgan fingerprint density at radius 2 is 1.82 bits per heavy atom. The summed E-state index contributed by atoms with van der Waals surface area (Å²) in [7, 11) is 0. The van der Waals surface area contributed by atoms with E-state index in [2.05, 4.69) is 10.0 Å². The number of carbonyl (C=O) groups is 1. The zero-order valence-electron chi connectivity index (χ0n) is 15.5. The predicted molar refractivity (Wildman–Crippen MR) is 110 cm³/mol. The number of rotatable bonds is 4. The summed E-state index contributed by atoms with van der Waals surface area (Å²) in [4.78, 5) is 26.0. The number of non-ortho nitro benzene ring substituents is 1. The highest BCUT2D eigenvalue weighted by atomic mass is 16.6. The van der Waals surface area contributed by atoms with E-state index in [-0.39, 0.29) is 11.6 Å². The minimum absolute atomic E-state index is 0.00903. The maximum absolute atomic E-state index is 13.0. The number of nitro groups is 1. The third-order valence-electron chi connectivity index (χ3n) is 5.03. The molecule has 2 aliphatic rings. The quantitative estimate of drug-likeness (QED) is 0.459. The maximum atomic E-state index is 13.0.